The minimum Gasteiger partial charge on any atom is -0.370 e. The van der Waals surface area contributed by atoms with Crippen molar-refractivity contribution in [2.75, 3.05) is 19.8 Å². The molecule has 116 valence electrons. The molecule has 1 aromatic carbocycles. The Balaban J connectivity index is 2.65. The second-order valence-electron chi connectivity index (χ2n) is 3.94. The van der Waals surface area contributed by atoms with E-state index in [-0.39, 0.29) is 19.8 Å². The highest BCUT2D eigenvalue weighted by Gasteiger charge is 2.35. The summed E-state index contributed by atoms with van der Waals surface area (Å²) in [5.74, 6) is -3.35. The highest BCUT2D eigenvalue weighted by molar-refractivity contribution is 5.94. The Morgan fingerprint density at radius 1 is 1.29 bits per heavy atom. The molecule has 0 atom stereocenters. The third kappa shape index (κ3) is 5.03. The zero-order chi connectivity index (χ0) is 16.0. The number of rotatable bonds is 6. The Hall–Kier alpha value is -2.16. The first-order chi connectivity index (χ1) is 9.73. The van der Waals surface area contributed by atoms with Crippen molar-refractivity contribution in [3.63, 3.8) is 0 Å². The van der Waals surface area contributed by atoms with Gasteiger partial charge in [0.15, 0.2) is 0 Å². The van der Waals surface area contributed by atoms with Crippen LogP contribution in [0.25, 0.3) is 0 Å². The minimum absolute atomic E-state index is 0.0880. The maximum absolute atomic E-state index is 13.6. The van der Waals surface area contributed by atoms with E-state index in [1.54, 1.807) is 0 Å². The van der Waals surface area contributed by atoms with Crippen molar-refractivity contribution < 1.29 is 31.9 Å². The van der Waals surface area contributed by atoms with E-state index >= 15 is 0 Å². The molecule has 0 saturated carbocycles. The Morgan fingerprint density at radius 3 is 2.52 bits per heavy atom. The number of halogens is 4. The Kier molecular flexibility index (Phi) is 5.65. The van der Waals surface area contributed by atoms with Gasteiger partial charge in [-0.05, 0) is 12.1 Å². The number of nitrogens with one attached hydrogen (secondary N) is 1. The number of hydrogen-bond acceptors (Lipinski definition) is 3. The quantitative estimate of drug-likeness (QED) is 0.609. The molecule has 0 aliphatic carbocycles. The van der Waals surface area contributed by atoms with Gasteiger partial charge in [0, 0.05) is 6.54 Å². The van der Waals surface area contributed by atoms with Crippen LogP contribution in [0.3, 0.4) is 0 Å². The maximum Gasteiger partial charge on any atom is 0.419 e. The summed E-state index contributed by atoms with van der Waals surface area (Å²) in [4.78, 5) is 21.9. The van der Waals surface area contributed by atoms with Crippen molar-refractivity contribution in [3.05, 3.63) is 35.1 Å². The molecule has 1 aromatic rings. The summed E-state index contributed by atoms with van der Waals surface area (Å²) in [7, 11) is 0. The molecule has 0 radical (unpaired) electrons. The van der Waals surface area contributed by atoms with Gasteiger partial charge in [-0.3, -0.25) is 9.59 Å². The topological polar surface area (TPSA) is 81.4 Å². The minimum atomic E-state index is -4.88. The van der Waals surface area contributed by atoms with Gasteiger partial charge < -0.3 is 15.8 Å². The summed E-state index contributed by atoms with van der Waals surface area (Å²) in [5, 5.41) is 2.17. The number of hydrogen-bond donors (Lipinski definition) is 2. The number of primary amides is 1. The molecule has 21 heavy (non-hydrogen) atoms. The lowest BCUT2D eigenvalue weighted by Gasteiger charge is -2.11. The van der Waals surface area contributed by atoms with Crippen LogP contribution in [-0.4, -0.2) is 31.6 Å². The SMILES string of the molecule is NC(=O)COCCNC(=O)c1cccc(C(F)(F)F)c1F. The van der Waals surface area contributed by atoms with Gasteiger partial charge in [-0.15, -0.1) is 0 Å². The van der Waals surface area contributed by atoms with Crippen LogP contribution < -0.4 is 11.1 Å². The van der Waals surface area contributed by atoms with Gasteiger partial charge in [0.2, 0.25) is 5.91 Å². The zero-order valence-electron chi connectivity index (χ0n) is 10.7. The van der Waals surface area contributed by atoms with Gasteiger partial charge >= 0.3 is 6.18 Å². The van der Waals surface area contributed by atoms with Crippen LogP contribution in [-0.2, 0) is 15.7 Å². The highest BCUT2D eigenvalue weighted by atomic mass is 19.4. The fraction of sp³-hybridized carbons (Fsp3) is 0.333. The summed E-state index contributed by atoms with van der Waals surface area (Å²) >= 11 is 0. The molecule has 0 aromatic heterocycles. The molecule has 9 heteroatoms. The van der Waals surface area contributed by atoms with E-state index in [2.05, 4.69) is 5.32 Å². The van der Waals surface area contributed by atoms with E-state index in [0.29, 0.717) is 6.07 Å². The van der Waals surface area contributed by atoms with Crippen molar-refractivity contribution >= 4 is 11.8 Å². The van der Waals surface area contributed by atoms with Gasteiger partial charge in [0.1, 0.15) is 12.4 Å². The largest absolute Gasteiger partial charge is 0.419 e. The van der Waals surface area contributed by atoms with Gasteiger partial charge in [0.05, 0.1) is 17.7 Å². The molecule has 2 amide bonds. The highest BCUT2D eigenvalue weighted by Crippen LogP contribution is 2.32. The average Bonchev–Trinajstić information content (AvgIpc) is 2.36. The second kappa shape index (κ2) is 7.02. The van der Waals surface area contributed by atoms with Gasteiger partial charge in [-0.25, -0.2) is 4.39 Å². The Bertz CT molecular complexity index is 532. The van der Waals surface area contributed by atoms with Crippen LogP contribution in [0, 0.1) is 5.82 Å². The molecular weight excluding hydrogens is 296 g/mol. The fourth-order valence-corrected chi connectivity index (χ4v) is 1.43. The summed E-state index contributed by atoms with van der Waals surface area (Å²) in [6.45, 7) is -0.551. The first kappa shape index (κ1) is 16.9. The number of amides is 2. The van der Waals surface area contributed by atoms with Gasteiger partial charge in [-0.2, -0.15) is 13.2 Å². The lowest BCUT2D eigenvalue weighted by Crippen LogP contribution is -2.30. The van der Waals surface area contributed by atoms with Crippen LogP contribution in [0.1, 0.15) is 15.9 Å². The fourth-order valence-electron chi connectivity index (χ4n) is 1.43. The molecule has 0 heterocycles. The molecule has 0 bridgehead atoms. The van der Waals surface area contributed by atoms with E-state index in [4.69, 9.17) is 10.5 Å². The normalized spacial score (nSPS) is 11.2. The van der Waals surface area contributed by atoms with Crippen LogP contribution in [0.15, 0.2) is 18.2 Å². The molecule has 3 N–H and O–H groups in total. The first-order valence-electron chi connectivity index (χ1n) is 5.73. The van der Waals surface area contributed by atoms with Crippen LogP contribution >= 0.6 is 0 Å². The summed E-state index contributed by atoms with van der Waals surface area (Å²) in [5.41, 5.74) is 2.56. The second-order valence-corrected chi connectivity index (χ2v) is 3.94. The lowest BCUT2D eigenvalue weighted by molar-refractivity contribution is -0.140. The molecule has 0 unspecified atom stereocenters. The van der Waals surface area contributed by atoms with Gasteiger partial charge in [-0.1, -0.05) is 6.07 Å². The average molecular weight is 308 g/mol. The van der Waals surface area contributed by atoms with Crippen molar-refractivity contribution in [3.8, 4) is 0 Å². The molecule has 0 aliphatic heterocycles. The number of benzene rings is 1. The lowest BCUT2D eigenvalue weighted by atomic mass is 10.1. The standard InChI is InChI=1S/C12H12F4N2O3/c13-10-7(2-1-3-8(10)12(14,15)16)11(20)18-4-5-21-6-9(17)19/h1-3H,4-6H2,(H2,17,19)(H,18,20). The van der Waals surface area contributed by atoms with E-state index in [1.165, 1.54) is 0 Å². The van der Waals surface area contributed by atoms with Crippen molar-refractivity contribution in [1.29, 1.82) is 0 Å². The van der Waals surface area contributed by atoms with Crippen molar-refractivity contribution in [2.45, 2.75) is 6.18 Å². The zero-order valence-corrected chi connectivity index (χ0v) is 10.7. The number of alkyl halides is 3. The summed E-state index contributed by atoms with van der Waals surface area (Å²) in [6, 6.07) is 2.41. The molecule has 1 rings (SSSR count). The van der Waals surface area contributed by atoms with Gasteiger partial charge in [0.25, 0.3) is 5.91 Å². The smallest absolute Gasteiger partial charge is 0.370 e. The first-order valence-corrected chi connectivity index (χ1v) is 5.73. The summed E-state index contributed by atoms with van der Waals surface area (Å²) in [6.07, 6.45) is -4.88. The van der Waals surface area contributed by atoms with Crippen LogP contribution in [0.5, 0.6) is 0 Å². The van der Waals surface area contributed by atoms with Crippen molar-refractivity contribution in [2.24, 2.45) is 5.73 Å². The van der Waals surface area contributed by atoms with E-state index in [9.17, 15) is 27.2 Å². The third-order valence-corrected chi connectivity index (χ3v) is 2.33. The monoisotopic (exact) mass is 308 g/mol. The van der Waals surface area contributed by atoms with E-state index in [1.807, 2.05) is 0 Å². The third-order valence-electron chi connectivity index (χ3n) is 2.33. The Morgan fingerprint density at radius 2 is 1.95 bits per heavy atom. The van der Waals surface area contributed by atoms with E-state index in [0.717, 1.165) is 12.1 Å². The molecule has 0 saturated heterocycles. The summed E-state index contributed by atoms with van der Waals surface area (Å²) < 4.78 is 55.8. The number of ether oxygens (including phenoxy) is 1. The molecule has 5 nitrogen and oxygen atoms in total. The van der Waals surface area contributed by atoms with Crippen LogP contribution in [0.2, 0.25) is 0 Å². The van der Waals surface area contributed by atoms with Crippen molar-refractivity contribution in [1.82, 2.24) is 5.32 Å². The van der Waals surface area contributed by atoms with E-state index < -0.39 is 34.9 Å². The molecular formula is C12H12F4N2O3. The molecule has 0 spiro atoms. The number of nitrogens with two attached hydrogens (primary N) is 1. The maximum atomic E-state index is 13.6. The predicted octanol–water partition coefficient (Wildman–Crippen LogP) is 1.08. The number of carbonyl (C=O) groups excluding carboxylic acids is 2. The number of carbonyl (C=O) groups is 2. The predicted molar refractivity (Wildman–Crippen MR) is 63.7 cm³/mol. The van der Waals surface area contributed by atoms with Crippen LogP contribution in [0.4, 0.5) is 17.6 Å². The Labute approximate surface area is 117 Å². The molecule has 0 aliphatic rings. The molecule has 0 fully saturated rings.